The molecule has 22 heavy (non-hydrogen) atoms. The zero-order chi connectivity index (χ0) is 15.7. The Morgan fingerprint density at radius 2 is 2.05 bits per heavy atom. The first-order valence-corrected chi connectivity index (χ1v) is 7.62. The monoisotopic (exact) mass is 301 g/mol. The van der Waals surface area contributed by atoms with Crippen LogP contribution in [0.25, 0.3) is 10.9 Å². The number of fused-ring (bicyclic) bond motifs is 1. The van der Waals surface area contributed by atoms with Gasteiger partial charge in [-0.1, -0.05) is 0 Å². The Kier molecular flexibility index (Phi) is 4.07. The molecule has 1 N–H and O–H groups in total. The molecule has 1 fully saturated rings. The molecule has 5 heteroatoms. The highest BCUT2D eigenvalue weighted by molar-refractivity contribution is 5.98. The molecule has 2 aromatic rings. The molecule has 2 heterocycles. The van der Waals surface area contributed by atoms with Gasteiger partial charge in [-0.15, -0.1) is 0 Å². The second-order valence-electron chi connectivity index (χ2n) is 5.81. The highest BCUT2D eigenvalue weighted by Crippen LogP contribution is 2.20. The minimum atomic E-state index is -0.312. The third-order valence-electron chi connectivity index (χ3n) is 4.39. The lowest BCUT2D eigenvalue weighted by Gasteiger charge is -2.32. The first-order valence-electron chi connectivity index (χ1n) is 7.62. The summed E-state index contributed by atoms with van der Waals surface area (Å²) in [5, 5.41) is 4.05. The number of pyridine rings is 1. The van der Waals surface area contributed by atoms with E-state index in [1.54, 1.807) is 13.0 Å². The molecule has 1 saturated heterocycles. The number of aryl methyl sites for hydroxylation is 1. The molecule has 3 rings (SSSR count). The summed E-state index contributed by atoms with van der Waals surface area (Å²) in [6.07, 6.45) is 1.93. The average molecular weight is 301 g/mol. The van der Waals surface area contributed by atoms with Crippen molar-refractivity contribution in [1.29, 1.82) is 0 Å². The maximum atomic E-state index is 13.3. The van der Waals surface area contributed by atoms with E-state index >= 15 is 0 Å². The van der Waals surface area contributed by atoms with E-state index in [0.29, 0.717) is 22.8 Å². The highest BCUT2D eigenvalue weighted by atomic mass is 19.1. The lowest BCUT2D eigenvalue weighted by molar-refractivity contribution is 0.0706. The molecule has 1 aliphatic heterocycles. The van der Waals surface area contributed by atoms with Crippen LogP contribution in [0.5, 0.6) is 0 Å². The van der Waals surface area contributed by atoms with E-state index in [0.717, 1.165) is 31.3 Å². The van der Waals surface area contributed by atoms with Crippen molar-refractivity contribution in [2.24, 2.45) is 0 Å². The van der Waals surface area contributed by atoms with Gasteiger partial charge in [-0.05, 0) is 45.0 Å². The van der Waals surface area contributed by atoms with Crippen molar-refractivity contribution in [3.63, 3.8) is 0 Å². The number of carbonyl (C=O) groups is 1. The summed E-state index contributed by atoms with van der Waals surface area (Å²) in [4.78, 5) is 19.0. The lowest BCUT2D eigenvalue weighted by Crippen LogP contribution is -2.44. The number of piperidine rings is 1. The number of nitrogens with one attached hydrogen (secondary N) is 1. The van der Waals surface area contributed by atoms with E-state index < -0.39 is 0 Å². The molecule has 116 valence electrons. The molecule has 0 radical (unpaired) electrons. The molecule has 1 aliphatic rings. The third-order valence-corrected chi connectivity index (χ3v) is 4.39. The fraction of sp³-hybridized carbons (Fsp3) is 0.412. The molecule has 4 nitrogen and oxygen atoms in total. The normalized spacial score (nSPS) is 16.2. The smallest absolute Gasteiger partial charge is 0.255 e. The van der Waals surface area contributed by atoms with E-state index in [9.17, 15) is 9.18 Å². The summed E-state index contributed by atoms with van der Waals surface area (Å²) in [5.41, 5.74) is 1.85. The topological polar surface area (TPSA) is 45.2 Å². The van der Waals surface area contributed by atoms with Crippen LogP contribution in [0.2, 0.25) is 0 Å². The van der Waals surface area contributed by atoms with E-state index in [4.69, 9.17) is 0 Å². The molecule has 1 aromatic heterocycles. The lowest BCUT2D eigenvalue weighted by atomic mass is 10.0. The van der Waals surface area contributed by atoms with Crippen LogP contribution >= 0.6 is 0 Å². The van der Waals surface area contributed by atoms with E-state index in [-0.39, 0.29) is 11.7 Å². The van der Waals surface area contributed by atoms with Gasteiger partial charge in [0.15, 0.2) is 0 Å². The molecule has 1 amide bonds. The van der Waals surface area contributed by atoms with Crippen molar-refractivity contribution in [2.75, 3.05) is 20.1 Å². The van der Waals surface area contributed by atoms with Crippen molar-refractivity contribution < 1.29 is 9.18 Å². The Morgan fingerprint density at radius 1 is 1.32 bits per heavy atom. The molecule has 0 unspecified atom stereocenters. The molecule has 0 bridgehead atoms. The summed E-state index contributed by atoms with van der Waals surface area (Å²) in [6.45, 7) is 3.31. The van der Waals surface area contributed by atoms with Gasteiger partial charge in [0.1, 0.15) is 5.82 Å². The van der Waals surface area contributed by atoms with E-state index in [1.165, 1.54) is 12.1 Å². The standard InChI is InChI=1S/C17H20FN3O/c1-11-15(9-12-3-4-13(18)10-16(12)20-11)17(22)21-7-5-14(19-2)6-8-21/h3-4,9-10,14,19H,5-8H2,1-2H3. The summed E-state index contributed by atoms with van der Waals surface area (Å²) in [7, 11) is 1.96. The highest BCUT2D eigenvalue weighted by Gasteiger charge is 2.24. The first kappa shape index (κ1) is 14.9. The second-order valence-corrected chi connectivity index (χ2v) is 5.81. The van der Waals surface area contributed by atoms with E-state index in [1.807, 2.05) is 18.0 Å². The number of amides is 1. The number of aromatic nitrogens is 1. The van der Waals surface area contributed by atoms with Gasteiger partial charge in [0.05, 0.1) is 16.8 Å². The van der Waals surface area contributed by atoms with Crippen molar-refractivity contribution in [3.05, 3.63) is 41.3 Å². The largest absolute Gasteiger partial charge is 0.338 e. The maximum Gasteiger partial charge on any atom is 0.255 e. The summed E-state index contributed by atoms with van der Waals surface area (Å²) in [6, 6.07) is 6.77. The van der Waals surface area contributed by atoms with Crippen LogP contribution in [0, 0.1) is 12.7 Å². The number of hydrogen-bond donors (Lipinski definition) is 1. The van der Waals surface area contributed by atoms with Crippen LogP contribution < -0.4 is 5.32 Å². The van der Waals surface area contributed by atoms with Gasteiger partial charge >= 0.3 is 0 Å². The first-order chi connectivity index (χ1) is 10.6. The predicted molar refractivity (Wildman–Crippen MR) is 84.4 cm³/mol. The number of hydrogen-bond acceptors (Lipinski definition) is 3. The number of carbonyl (C=O) groups excluding carboxylic acids is 1. The molecule has 0 atom stereocenters. The number of rotatable bonds is 2. The SMILES string of the molecule is CNC1CCN(C(=O)c2cc3ccc(F)cc3nc2C)CC1. The van der Waals surface area contributed by atoms with Gasteiger partial charge in [-0.25, -0.2) is 4.39 Å². The van der Waals surface area contributed by atoms with Crippen molar-refractivity contribution in [1.82, 2.24) is 15.2 Å². The fourth-order valence-electron chi connectivity index (χ4n) is 2.99. The molecular formula is C17H20FN3O. The summed E-state index contributed by atoms with van der Waals surface area (Å²) >= 11 is 0. The number of likely N-dealkylation sites (tertiary alicyclic amines) is 1. The van der Waals surface area contributed by atoms with Crippen LogP contribution in [0.1, 0.15) is 28.9 Å². The van der Waals surface area contributed by atoms with Crippen LogP contribution in [-0.4, -0.2) is 42.0 Å². The quantitative estimate of drug-likeness (QED) is 0.927. The molecular weight excluding hydrogens is 281 g/mol. The summed E-state index contributed by atoms with van der Waals surface area (Å²) < 4.78 is 13.3. The number of nitrogens with zero attached hydrogens (tertiary/aromatic N) is 2. The molecule has 0 aliphatic carbocycles. The number of halogens is 1. The Bertz CT molecular complexity index is 708. The van der Waals surface area contributed by atoms with Crippen molar-refractivity contribution in [3.8, 4) is 0 Å². The fourth-order valence-corrected chi connectivity index (χ4v) is 2.99. The van der Waals surface area contributed by atoms with Crippen LogP contribution in [0.15, 0.2) is 24.3 Å². The van der Waals surface area contributed by atoms with Gasteiger partial charge in [0, 0.05) is 30.6 Å². The zero-order valence-corrected chi connectivity index (χ0v) is 12.9. The van der Waals surface area contributed by atoms with Crippen LogP contribution in [0.3, 0.4) is 0 Å². The summed E-state index contributed by atoms with van der Waals surface area (Å²) in [5.74, 6) is -0.293. The Hall–Kier alpha value is -2.01. The minimum absolute atomic E-state index is 0.0192. The van der Waals surface area contributed by atoms with E-state index in [2.05, 4.69) is 10.3 Å². The van der Waals surface area contributed by atoms with Gasteiger partial charge in [-0.2, -0.15) is 0 Å². The molecule has 0 spiro atoms. The Labute approximate surface area is 129 Å². The van der Waals surface area contributed by atoms with Crippen molar-refractivity contribution in [2.45, 2.75) is 25.8 Å². The Balaban J connectivity index is 1.88. The van der Waals surface area contributed by atoms with Crippen LogP contribution in [0.4, 0.5) is 4.39 Å². The maximum absolute atomic E-state index is 13.3. The van der Waals surface area contributed by atoms with Gasteiger partial charge in [-0.3, -0.25) is 9.78 Å². The van der Waals surface area contributed by atoms with Gasteiger partial charge < -0.3 is 10.2 Å². The second kappa shape index (κ2) is 6.01. The molecule has 0 saturated carbocycles. The average Bonchev–Trinajstić information content (AvgIpc) is 2.53. The minimum Gasteiger partial charge on any atom is -0.338 e. The number of benzene rings is 1. The zero-order valence-electron chi connectivity index (χ0n) is 12.9. The van der Waals surface area contributed by atoms with Gasteiger partial charge in [0.2, 0.25) is 0 Å². The van der Waals surface area contributed by atoms with Crippen molar-refractivity contribution >= 4 is 16.8 Å². The van der Waals surface area contributed by atoms with Gasteiger partial charge in [0.25, 0.3) is 5.91 Å². The molecule has 1 aromatic carbocycles. The third kappa shape index (κ3) is 2.81. The Morgan fingerprint density at radius 3 is 2.73 bits per heavy atom. The predicted octanol–water partition coefficient (Wildman–Crippen LogP) is 2.51. The van der Waals surface area contributed by atoms with Crippen LogP contribution in [-0.2, 0) is 0 Å².